The molecule has 6 rings (SSSR count). The number of pyridine rings is 2. The summed E-state index contributed by atoms with van der Waals surface area (Å²) in [6.45, 7) is 1.98. The average Bonchev–Trinajstić information content (AvgIpc) is 3.17. The van der Waals surface area contributed by atoms with E-state index in [-0.39, 0.29) is 0 Å². The number of H-pyrrole nitrogens is 1. The van der Waals surface area contributed by atoms with Gasteiger partial charge in [-0.15, -0.1) is 0 Å². The van der Waals surface area contributed by atoms with E-state index in [0.717, 1.165) is 71.6 Å². The van der Waals surface area contributed by atoms with Gasteiger partial charge in [-0.1, -0.05) is 0 Å². The predicted octanol–water partition coefficient (Wildman–Crippen LogP) is 4.27. The smallest absolute Gasteiger partial charge is 0.153 e. The number of rotatable bonds is 5. The molecule has 3 aromatic rings. The first-order valence-electron chi connectivity index (χ1n) is 12.1. The van der Waals surface area contributed by atoms with Crippen LogP contribution in [0.1, 0.15) is 44.2 Å². The standard InChI is InChI=1S/C25H30N8/c1-14-5-24(33-32-14)30-23-12-22-21(3-2-4-27-22)25(31-23)29-20-10-18-8-17(9-19(11-20)28-18)16-6-15(7-16)13-26/h2-5,12,15-20,28H,6-11H2,1H3,(H3,29,30,31,32,33)/t15?,16?,17?,18-,19?,20?/m0/s1. The monoisotopic (exact) mass is 442 g/mol. The van der Waals surface area contributed by atoms with E-state index in [1.54, 1.807) is 0 Å². The van der Waals surface area contributed by atoms with Gasteiger partial charge >= 0.3 is 0 Å². The largest absolute Gasteiger partial charge is 0.367 e. The van der Waals surface area contributed by atoms with E-state index in [4.69, 9.17) is 10.2 Å². The molecule has 4 N–H and O–H groups in total. The third-order valence-electron chi connectivity index (χ3n) is 7.71. The first-order chi connectivity index (χ1) is 16.1. The Kier molecular flexibility index (Phi) is 5.14. The summed E-state index contributed by atoms with van der Waals surface area (Å²) in [5.41, 5.74) is 1.91. The molecule has 0 aromatic carbocycles. The van der Waals surface area contributed by atoms with E-state index in [2.05, 4.69) is 43.3 Å². The number of hydrogen-bond donors (Lipinski definition) is 4. The minimum absolute atomic E-state index is 0.304. The Hall–Kier alpha value is -3.18. The first kappa shape index (κ1) is 20.4. The van der Waals surface area contributed by atoms with Gasteiger partial charge in [0.1, 0.15) is 11.6 Å². The lowest BCUT2D eigenvalue weighted by molar-refractivity contribution is 0.0770. The van der Waals surface area contributed by atoms with Crippen molar-refractivity contribution in [2.24, 2.45) is 17.8 Å². The lowest BCUT2D eigenvalue weighted by Crippen LogP contribution is -2.55. The Bertz CT molecular complexity index is 1180. The van der Waals surface area contributed by atoms with Crippen molar-refractivity contribution in [2.75, 3.05) is 10.6 Å². The molecule has 4 atom stereocenters. The van der Waals surface area contributed by atoms with Crippen molar-refractivity contribution < 1.29 is 0 Å². The number of fused-ring (bicyclic) bond motifs is 3. The highest BCUT2D eigenvalue weighted by atomic mass is 15.2. The molecule has 1 aliphatic carbocycles. The van der Waals surface area contributed by atoms with Gasteiger partial charge in [0.25, 0.3) is 0 Å². The third-order valence-corrected chi connectivity index (χ3v) is 7.71. The van der Waals surface area contributed by atoms with Crippen molar-refractivity contribution in [3.8, 4) is 6.07 Å². The van der Waals surface area contributed by atoms with Gasteiger partial charge in [0, 0.05) is 53.5 Å². The van der Waals surface area contributed by atoms with Gasteiger partial charge in [0.2, 0.25) is 0 Å². The number of aromatic nitrogens is 4. The van der Waals surface area contributed by atoms with Crippen molar-refractivity contribution in [2.45, 2.75) is 63.6 Å². The molecule has 3 aliphatic rings. The predicted molar refractivity (Wildman–Crippen MR) is 128 cm³/mol. The van der Waals surface area contributed by atoms with Crippen molar-refractivity contribution in [3.63, 3.8) is 0 Å². The third kappa shape index (κ3) is 4.13. The van der Waals surface area contributed by atoms with Crippen molar-refractivity contribution in [3.05, 3.63) is 36.2 Å². The molecule has 8 nitrogen and oxygen atoms in total. The molecule has 33 heavy (non-hydrogen) atoms. The van der Waals surface area contributed by atoms with E-state index >= 15 is 0 Å². The summed E-state index contributed by atoms with van der Waals surface area (Å²) in [5, 5.41) is 28.3. The van der Waals surface area contributed by atoms with E-state index < -0.39 is 0 Å². The van der Waals surface area contributed by atoms with Crippen LogP contribution in [0.4, 0.5) is 17.5 Å². The normalized spacial score (nSPS) is 30.9. The number of anilines is 3. The van der Waals surface area contributed by atoms with E-state index in [9.17, 15) is 0 Å². The lowest BCUT2D eigenvalue weighted by Gasteiger charge is -2.48. The number of nitriles is 1. The highest BCUT2D eigenvalue weighted by molar-refractivity contribution is 5.91. The van der Waals surface area contributed by atoms with Crippen LogP contribution < -0.4 is 16.0 Å². The molecule has 3 aromatic heterocycles. The fraction of sp³-hybridized carbons (Fsp3) is 0.520. The molecule has 2 aliphatic heterocycles. The van der Waals surface area contributed by atoms with Crippen molar-refractivity contribution in [1.82, 2.24) is 25.5 Å². The second-order valence-corrected chi connectivity index (χ2v) is 10.1. The molecular formula is C25H30N8. The number of piperidine rings is 2. The number of nitrogens with one attached hydrogen (secondary N) is 4. The molecule has 8 heteroatoms. The summed E-state index contributed by atoms with van der Waals surface area (Å²) in [4.78, 5) is 9.48. The number of hydrogen-bond acceptors (Lipinski definition) is 7. The van der Waals surface area contributed by atoms with Crippen LogP contribution in [0.2, 0.25) is 0 Å². The quantitative estimate of drug-likeness (QED) is 0.467. The van der Waals surface area contributed by atoms with Gasteiger partial charge in [-0.25, -0.2) is 4.98 Å². The molecule has 1 saturated carbocycles. The van der Waals surface area contributed by atoms with Gasteiger partial charge in [-0.05, 0) is 69.4 Å². The molecular weight excluding hydrogens is 412 g/mol. The second-order valence-electron chi connectivity index (χ2n) is 10.1. The minimum atomic E-state index is 0.304. The maximum absolute atomic E-state index is 9.13. The molecule has 2 bridgehead atoms. The molecule has 0 amide bonds. The van der Waals surface area contributed by atoms with Crippen LogP contribution in [0.15, 0.2) is 30.5 Å². The summed E-state index contributed by atoms with van der Waals surface area (Å²) in [6.07, 6.45) is 8.70. The second kappa shape index (κ2) is 8.31. The molecule has 5 heterocycles. The van der Waals surface area contributed by atoms with Crippen LogP contribution in [0, 0.1) is 36.0 Å². The number of nitrogens with zero attached hydrogens (tertiary/aromatic N) is 4. The highest BCUT2D eigenvalue weighted by Crippen LogP contribution is 2.45. The molecule has 170 valence electrons. The molecule has 3 unspecified atom stereocenters. The summed E-state index contributed by atoms with van der Waals surface area (Å²) >= 11 is 0. The SMILES string of the molecule is Cc1cc(Nc2cc3ncccc3c(NC3CC4CC(C5CC(C#N)C5)C[C@@H](C3)N4)n2)n[nH]1. The summed E-state index contributed by atoms with van der Waals surface area (Å²) in [5.74, 6) is 4.21. The lowest BCUT2D eigenvalue weighted by atomic mass is 9.63. The Morgan fingerprint density at radius 2 is 1.82 bits per heavy atom. The minimum Gasteiger partial charge on any atom is -0.367 e. The Balaban J connectivity index is 1.18. The van der Waals surface area contributed by atoms with Gasteiger partial charge < -0.3 is 16.0 Å². The Morgan fingerprint density at radius 1 is 1.03 bits per heavy atom. The zero-order chi connectivity index (χ0) is 22.4. The van der Waals surface area contributed by atoms with Crippen LogP contribution in [-0.2, 0) is 0 Å². The van der Waals surface area contributed by atoms with Crippen molar-refractivity contribution >= 4 is 28.4 Å². The summed E-state index contributed by atoms with van der Waals surface area (Å²) in [6, 6.07) is 11.9. The highest BCUT2D eigenvalue weighted by Gasteiger charge is 2.42. The topological polar surface area (TPSA) is 114 Å². The van der Waals surface area contributed by atoms with Crippen LogP contribution >= 0.6 is 0 Å². The van der Waals surface area contributed by atoms with Crippen molar-refractivity contribution in [1.29, 1.82) is 5.26 Å². The van der Waals surface area contributed by atoms with E-state index in [1.165, 1.54) is 12.8 Å². The summed E-state index contributed by atoms with van der Waals surface area (Å²) in [7, 11) is 0. The van der Waals surface area contributed by atoms with Crippen LogP contribution in [0.3, 0.4) is 0 Å². The molecule has 2 saturated heterocycles. The Labute approximate surface area is 193 Å². The number of aromatic amines is 1. The number of aryl methyl sites for hydroxylation is 1. The molecule has 0 spiro atoms. The van der Waals surface area contributed by atoms with Gasteiger partial charge in [0.15, 0.2) is 5.82 Å². The van der Waals surface area contributed by atoms with Crippen LogP contribution in [0.25, 0.3) is 10.9 Å². The van der Waals surface area contributed by atoms with E-state index in [1.807, 2.05) is 31.3 Å². The fourth-order valence-corrected chi connectivity index (χ4v) is 6.12. The maximum atomic E-state index is 9.13. The van der Waals surface area contributed by atoms with Gasteiger partial charge in [-0.3, -0.25) is 10.1 Å². The Morgan fingerprint density at radius 3 is 2.55 bits per heavy atom. The average molecular weight is 443 g/mol. The molecule has 3 fully saturated rings. The van der Waals surface area contributed by atoms with Gasteiger partial charge in [-0.2, -0.15) is 10.4 Å². The first-order valence-corrected chi connectivity index (χ1v) is 12.1. The fourth-order valence-electron chi connectivity index (χ4n) is 6.12. The van der Waals surface area contributed by atoms with Crippen LogP contribution in [-0.4, -0.2) is 38.3 Å². The zero-order valence-electron chi connectivity index (χ0n) is 18.9. The summed E-state index contributed by atoms with van der Waals surface area (Å²) < 4.78 is 0. The van der Waals surface area contributed by atoms with Gasteiger partial charge in [0.05, 0.1) is 11.6 Å². The van der Waals surface area contributed by atoms with E-state index in [0.29, 0.717) is 24.0 Å². The molecule has 0 radical (unpaired) electrons. The zero-order valence-corrected chi connectivity index (χ0v) is 18.9. The van der Waals surface area contributed by atoms with Crippen LogP contribution in [0.5, 0.6) is 0 Å². The maximum Gasteiger partial charge on any atom is 0.153 e.